The Balaban J connectivity index is 1.32. The monoisotopic (exact) mass is 394 g/mol. The first-order valence-electron chi connectivity index (χ1n) is 9.74. The second kappa shape index (κ2) is 8.91. The first-order chi connectivity index (χ1) is 14.2. The zero-order chi connectivity index (χ0) is 20.1. The Morgan fingerprint density at radius 3 is 2.72 bits per heavy atom. The molecule has 1 N–H and O–H groups in total. The van der Waals surface area contributed by atoms with Gasteiger partial charge in [-0.3, -0.25) is 9.69 Å². The largest absolute Gasteiger partial charge is 0.348 e. The highest BCUT2D eigenvalue weighted by Crippen LogP contribution is 2.16. The van der Waals surface area contributed by atoms with Gasteiger partial charge in [0, 0.05) is 30.3 Å². The third kappa shape index (κ3) is 5.03. The van der Waals surface area contributed by atoms with E-state index in [2.05, 4.69) is 25.7 Å². The lowest BCUT2D eigenvalue weighted by Gasteiger charge is -2.33. The van der Waals surface area contributed by atoms with Crippen LogP contribution in [0.3, 0.4) is 0 Å². The van der Waals surface area contributed by atoms with E-state index in [-0.39, 0.29) is 17.8 Å². The zero-order valence-electron chi connectivity index (χ0n) is 16.0. The van der Waals surface area contributed by atoms with Gasteiger partial charge in [0.1, 0.15) is 12.1 Å². The maximum Gasteiger partial charge on any atom is 0.251 e. The molecular weight excluding hydrogens is 371 g/mol. The predicted molar refractivity (Wildman–Crippen MR) is 106 cm³/mol. The van der Waals surface area contributed by atoms with Crippen LogP contribution in [-0.4, -0.2) is 50.1 Å². The average Bonchev–Trinajstić information content (AvgIpc) is 3.24. The summed E-state index contributed by atoms with van der Waals surface area (Å²) in [5.41, 5.74) is 2.33. The van der Waals surface area contributed by atoms with Crippen LogP contribution < -0.4 is 5.32 Å². The third-order valence-electron chi connectivity index (χ3n) is 5.14. The van der Waals surface area contributed by atoms with Crippen molar-refractivity contribution in [3.63, 3.8) is 0 Å². The lowest BCUT2D eigenvalue weighted by Crippen LogP contribution is -2.47. The van der Waals surface area contributed by atoms with E-state index in [1.54, 1.807) is 17.1 Å². The van der Waals surface area contributed by atoms with E-state index in [4.69, 9.17) is 0 Å². The van der Waals surface area contributed by atoms with Gasteiger partial charge in [-0.15, -0.1) is 5.10 Å². The van der Waals surface area contributed by atoms with Crippen molar-refractivity contribution < 1.29 is 9.18 Å². The summed E-state index contributed by atoms with van der Waals surface area (Å²) < 4.78 is 15.5. The lowest BCUT2D eigenvalue weighted by molar-refractivity contribution is 0.0900. The van der Waals surface area contributed by atoms with E-state index in [0.29, 0.717) is 24.2 Å². The van der Waals surface area contributed by atoms with Gasteiger partial charge >= 0.3 is 0 Å². The number of halogens is 1. The van der Waals surface area contributed by atoms with Gasteiger partial charge in [0.25, 0.3) is 5.91 Å². The molecule has 0 spiro atoms. The quantitative estimate of drug-likeness (QED) is 0.694. The summed E-state index contributed by atoms with van der Waals surface area (Å²) in [4.78, 5) is 14.8. The number of amides is 1. The molecule has 1 amide bonds. The minimum atomic E-state index is -0.180. The number of likely N-dealkylation sites (tertiary alicyclic amines) is 1. The third-order valence-corrected chi connectivity index (χ3v) is 5.14. The molecule has 1 saturated heterocycles. The number of hydrogen-bond acceptors (Lipinski definition) is 5. The molecule has 1 unspecified atom stereocenters. The fourth-order valence-electron chi connectivity index (χ4n) is 3.65. The van der Waals surface area contributed by atoms with Gasteiger partial charge in [0.15, 0.2) is 0 Å². The van der Waals surface area contributed by atoms with E-state index in [0.717, 1.165) is 31.5 Å². The fraction of sp³-hybridized carbons (Fsp3) is 0.333. The molecule has 3 aromatic rings. The molecule has 1 aromatic heterocycles. The minimum absolute atomic E-state index is 0.0592. The van der Waals surface area contributed by atoms with Crippen LogP contribution in [-0.2, 0) is 13.1 Å². The lowest BCUT2D eigenvalue weighted by atomic mass is 10.0. The predicted octanol–water partition coefficient (Wildman–Crippen LogP) is 2.25. The Morgan fingerprint density at radius 1 is 1.14 bits per heavy atom. The van der Waals surface area contributed by atoms with Crippen LogP contribution in [0, 0.1) is 5.82 Å². The Morgan fingerprint density at radius 2 is 1.97 bits per heavy atom. The van der Waals surface area contributed by atoms with Crippen molar-refractivity contribution in [2.75, 3.05) is 13.1 Å². The van der Waals surface area contributed by atoms with Crippen LogP contribution in [0.25, 0.3) is 0 Å². The molecule has 4 rings (SSSR count). The van der Waals surface area contributed by atoms with Crippen LogP contribution in [0.4, 0.5) is 4.39 Å². The maximum absolute atomic E-state index is 13.9. The van der Waals surface area contributed by atoms with Crippen molar-refractivity contribution in [1.82, 2.24) is 30.4 Å². The van der Waals surface area contributed by atoms with Crippen molar-refractivity contribution in [3.8, 4) is 0 Å². The number of hydrogen-bond donors (Lipinski definition) is 1. The summed E-state index contributed by atoms with van der Waals surface area (Å²) in [6, 6.07) is 14.4. The highest BCUT2D eigenvalue weighted by molar-refractivity contribution is 5.94. The second-order valence-corrected chi connectivity index (χ2v) is 7.34. The molecule has 1 atom stereocenters. The SMILES string of the molecule is O=C(NC1CCCN(Cc2ccccc2F)C1)c1ccc(Cn2cnnn2)cc1. The topological polar surface area (TPSA) is 75.9 Å². The van der Waals surface area contributed by atoms with Gasteiger partial charge in [-0.1, -0.05) is 30.3 Å². The van der Waals surface area contributed by atoms with E-state index in [9.17, 15) is 9.18 Å². The number of aromatic nitrogens is 4. The van der Waals surface area contributed by atoms with Crippen LogP contribution in [0.5, 0.6) is 0 Å². The number of carbonyl (C=O) groups is 1. The summed E-state index contributed by atoms with van der Waals surface area (Å²) in [7, 11) is 0. The second-order valence-electron chi connectivity index (χ2n) is 7.34. The summed E-state index contributed by atoms with van der Waals surface area (Å²) in [5, 5.41) is 14.2. The number of carbonyl (C=O) groups excluding carboxylic acids is 1. The Bertz CT molecular complexity index is 944. The van der Waals surface area contributed by atoms with Gasteiger partial charge in [0.05, 0.1) is 6.54 Å². The fourth-order valence-corrected chi connectivity index (χ4v) is 3.65. The standard InChI is InChI=1S/C21H23FN6O/c22-20-6-2-1-4-18(20)13-27-11-3-5-19(14-27)24-21(29)17-9-7-16(8-10-17)12-28-15-23-25-26-28/h1-2,4,6-10,15,19H,3,5,11-14H2,(H,24,29). The number of tetrazole rings is 1. The van der Waals surface area contributed by atoms with E-state index < -0.39 is 0 Å². The van der Waals surface area contributed by atoms with Crippen molar-refractivity contribution >= 4 is 5.91 Å². The molecule has 1 aliphatic rings. The number of benzene rings is 2. The van der Waals surface area contributed by atoms with Crippen LogP contribution >= 0.6 is 0 Å². The molecule has 7 nitrogen and oxygen atoms in total. The zero-order valence-corrected chi connectivity index (χ0v) is 16.0. The van der Waals surface area contributed by atoms with E-state index in [1.165, 1.54) is 6.07 Å². The maximum atomic E-state index is 13.9. The van der Waals surface area contributed by atoms with Crippen molar-refractivity contribution in [2.45, 2.75) is 32.0 Å². The first kappa shape index (κ1) is 19.2. The van der Waals surface area contributed by atoms with Crippen LogP contribution in [0.15, 0.2) is 54.9 Å². The Labute approximate surface area is 168 Å². The molecule has 1 aliphatic heterocycles. The molecule has 150 valence electrons. The number of piperidine rings is 1. The molecule has 0 radical (unpaired) electrons. The summed E-state index contributed by atoms with van der Waals surface area (Å²) in [5.74, 6) is -0.267. The molecule has 0 saturated carbocycles. The molecule has 29 heavy (non-hydrogen) atoms. The molecule has 2 aromatic carbocycles. The van der Waals surface area contributed by atoms with Gasteiger partial charge in [0.2, 0.25) is 0 Å². The molecule has 0 aliphatic carbocycles. The number of nitrogens with one attached hydrogen (secondary N) is 1. The molecule has 0 bridgehead atoms. The molecular formula is C21H23FN6O. The first-order valence-corrected chi connectivity index (χ1v) is 9.74. The van der Waals surface area contributed by atoms with Gasteiger partial charge in [-0.05, 0) is 53.6 Å². The highest BCUT2D eigenvalue weighted by atomic mass is 19.1. The van der Waals surface area contributed by atoms with Gasteiger partial charge < -0.3 is 5.32 Å². The van der Waals surface area contributed by atoms with Crippen molar-refractivity contribution in [3.05, 3.63) is 77.4 Å². The summed E-state index contributed by atoms with van der Waals surface area (Å²) >= 11 is 0. The molecule has 2 heterocycles. The van der Waals surface area contributed by atoms with E-state index in [1.807, 2.05) is 36.4 Å². The molecule has 8 heteroatoms. The number of nitrogens with zero attached hydrogens (tertiary/aromatic N) is 5. The van der Waals surface area contributed by atoms with Crippen molar-refractivity contribution in [2.24, 2.45) is 0 Å². The van der Waals surface area contributed by atoms with Crippen LogP contribution in [0.2, 0.25) is 0 Å². The normalized spacial score (nSPS) is 17.2. The average molecular weight is 394 g/mol. The van der Waals surface area contributed by atoms with Gasteiger partial charge in [-0.2, -0.15) is 0 Å². The van der Waals surface area contributed by atoms with Gasteiger partial charge in [-0.25, -0.2) is 9.07 Å². The minimum Gasteiger partial charge on any atom is -0.348 e. The molecule has 1 fully saturated rings. The van der Waals surface area contributed by atoms with Crippen LogP contribution in [0.1, 0.15) is 34.3 Å². The Kier molecular flexibility index (Phi) is 5.90. The smallest absolute Gasteiger partial charge is 0.251 e. The van der Waals surface area contributed by atoms with E-state index >= 15 is 0 Å². The Hall–Kier alpha value is -3.13. The van der Waals surface area contributed by atoms with Crippen molar-refractivity contribution in [1.29, 1.82) is 0 Å². The highest BCUT2D eigenvalue weighted by Gasteiger charge is 2.22. The summed E-state index contributed by atoms with van der Waals surface area (Å²) in [6.45, 7) is 2.75. The number of rotatable bonds is 6. The summed E-state index contributed by atoms with van der Waals surface area (Å²) in [6.07, 6.45) is 3.46.